The fourth-order valence-corrected chi connectivity index (χ4v) is 4.07. The Balaban J connectivity index is 1.50. The van der Waals surface area contributed by atoms with E-state index in [4.69, 9.17) is 4.98 Å². The second kappa shape index (κ2) is 7.90. The molecular weight excluding hydrogens is 360 g/mol. The number of anilines is 1. The molecule has 1 amide bonds. The number of fused-ring (bicyclic) bond motifs is 1. The zero-order valence-corrected chi connectivity index (χ0v) is 17.5. The Labute approximate surface area is 172 Å². The normalized spacial score (nSPS) is 15.0. The monoisotopic (exact) mass is 390 g/mol. The van der Waals surface area contributed by atoms with Crippen LogP contribution in [-0.4, -0.2) is 21.0 Å². The molecule has 3 aromatic rings. The maximum atomic E-state index is 12.3. The Morgan fingerprint density at radius 1 is 1.07 bits per heavy atom. The van der Waals surface area contributed by atoms with Crippen LogP contribution >= 0.6 is 0 Å². The summed E-state index contributed by atoms with van der Waals surface area (Å²) in [4.78, 5) is 17.1. The molecule has 1 saturated carbocycles. The Kier molecular flexibility index (Phi) is 5.31. The second-order valence-electron chi connectivity index (χ2n) is 8.99. The topological polar surface area (TPSA) is 59.0 Å². The lowest BCUT2D eigenvalue weighted by Gasteiger charge is -2.20. The fourth-order valence-electron chi connectivity index (χ4n) is 4.07. The van der Waals surface area contributed by atoms with Gasteiger partial charge < -0.3 is 15.2 Å². The van der Waals surface area contributed by atoms with Crippen LogP contribution < -0.4 is 10.6 Å². The van der Waals surface area contributed by atoms with Crippen molar-refractivity contribution in [3.05, 3.63) is 59.7 Å². The molecule has 1 heterocycles. The van der Waals surface area contributed by atoms with E-state index in [0.29, 0.717) is 18.2 Å². The maximum Gasteiger partial charge on any atom is 0.251 e. The number of nitrogens with zero attached hydrogens (tertiary/aromatic N) is 2. The zero-order valence-electron chi connectivity index (χ0n) is 17.5. The van der Waals surface area contributed by atoms with Crippen molar-refractivity contribution in [3.63, 3.8) is 0 Å². The highest BCUT2D eigenvalue weighted by atomic mass is 16.1. The van der Waals surface area contributed by atoms with E-state index < -0.39 is 0 Å². The third kappa shape index (κ3) is 4.44. The number of nitrogens with one attached hydrogen (secondary N) is 2. The van der Waals surface area contributed by atoms with Gasteiger partial charge in [0.2, 0.25) is 5.95 Å². The highest BCUT2D eigenvalue weighted by Gasteiger charge is 2.22. The Morgan fingerprint density at radius 2 is 1.76 bits per heavy atom. The van der Waals surface area contributed by atoms with Gasteiger partial charge in [0, 0.05) is 23.7 Å². The van der Waals surface area contributed by atoms with Crippen molar-refractivity contribution >= 4 is 22.9 Å². The predicted molar refractivity (Wildman–Crippen MR) is 118 cm³/mol. The molecule has 0 bridgehead atoms. The van der Waals surface area contributed by atoms with Crippen LogP contribution in [-0.2, 0) is 6.54 Å². The van der Waals surface area contributed by atoms with Crippen molar-refractivity contribution in [1.29, 1.82) is 0 Å². The minimum absolute atomic E-state index is 0.0416. The molecule has 1 aliphatic carbocycles. The van der Waals surface area contributed by atoms with E-state index in [2.05, 4.69) is 33.4 Å². The summed E-state index contributed by atoms with van der Waals surface area (Å²) in [6.07, 6.45) is 5.00. The van der Waals surface area contributed by atoms with Gasteiger partial charge in [0.1, 0.15) is 0 Å². The average molecular weight is 391 g/mol. The van der Waals surface area contributed by atoms with Crippen LogP contribution in [0.4, 0.5) is 5.95 Å². The summed E-state index contributed by atoms with van der Waals surface area (Å²) in [6.45, 7) is 6.64. The van der Waals surface area contributed by atoms with Crippen LogP contribution in [0.3, 0.4) is 0 Å². The van der Waals surface area contributed by atoms with Crippen molar-refractivity contribution in [2.75, 3.05) is 5.32 Å². The molecule has 152 valence electrons. The number of rotatable bonds is 5. The van der Waals surface area contributed by atoms with E-state index in [1.54, 1.807) is 0 Å². The first-order valence-electron chi connectivity index (χ1n) is 10.5. The number of carbonyl (C=O) groups excluding carboxylic acids is 1. The lowest BCUT2D eigenvalue weighted by atomic mass is 10.1. The van der Waals surface area contributed by atoms with Gasteiger partial charge in [0.15, 0.2) is 0 Å². The van der Waals surface area contributed by atoms with E-state index in [1.807, 2.05) is 51.1 Å². The summed E-state index contributed by atoms with van der Waals surface area (Å²) in [7, 11) is 0. The minimum atomic E-state index is -0.239. The molecule has 0 spiro atoms. The molecule has 1 aliphatic rings. The van der Waals surface area contributed by atoms with E-state index >= 15 is 0 Å². The predicted octanol–water partition coefficient (Wildman–Crippen LogP) is 5.29. The van der Waals surface area contributed by atoms with Crippen LogP contribution in [0.5, 0.6) is 0 Å². The smallest absolute Gasteiger partial charge is 0.251 e. The SMILES string of the molecule is CC(C)(C)NC(=O)c1ccc(CNc2nc3ccccc3n2C2CCCC2)cc1. The van der Waals surface area contributed by atoms with Gasteiger partial charge in [0.05, 0.1) is 11.0 Å². The molecule has 0 aliphatic heterocycles. The first-order chi connectivity index (χ1) is 13.9. The third-order valence-corrected chi connectivity index (χ3v) is 5.44. The number of para-hydroxylation sites is 2. The highest BCUT2D eigenvalue weighted by Crippen LogP contribution is 2.35. The standard InChI is InChI=1S/C24H30N4O/c1-24(2,3)27-22(29)18-14-12-17(13-15-18)16-25-23-26-20-10-6-7-11-21(20)28(23)19-8-4-5-9-19/h6-7,10-15,19H,4-5,8-9,16H2,1-3H3,(H,25,26)(H,27,29). The van der Waals surface area contributed by atoms with E-state index in [-0.39, 0.29) is 11.4 Å². The first kappa shape index (κ1) is 19.5. The number of hydrogen-bond acceptors (Lipinski definition) is 3. The lowest BCUT2D eigenvalue weighted by Crippen LogP contribution is -2.40. The number of benzene rings is 2. The highest BCUT2D eigenvalue weighted by molar-refractivity contribution is 5.94. The van der Waals surface area contributed by atoms with Crippen LogP contribution in [0.25, 0.3) is 11.0 Å². The van der Waals surface area contributed by atoms with Crippen molar-refractivity contribution in [1.82, 2.24) is 14.9 Å². The van der Waals surface area contributed by atoms with Gasteiger partial charge in [-0.3, -0.25) is 4.79 Å². The van der Waals surface area contributed by atoms with Crippen LogP contribution in [0.15, 0.2) is 48.5 Å². The van der Waals surface area contributed by atoms with Gasteiger partial charge in [-0.15, -0.1) is 0 Å². The summed E-state index contributed by atoms with van der Waals surface area (Å²) >= 11 is 0. The molecule has 2 aromatic carbocycles. The fraction of sp³-hybridized carbons (Fsp3) is 0.417. The van der Waals surface area contributed by atoms with E-state index in [0.717, 1.165) is 17.0 Å². The largest absolute Gasteiger partial charge is 0.352 e. The van der Waals surface area contributed by atoms with Crippen LogP contribution in [0, 0.1) is 0 Å². The Bertz CT molecular complexity index is 992. The summed E-state index contributed by atoms with van der Waals surface area (Å²) < 4.78 is 2.38. The second-order valence-corrected chi connectivity index (χ2v) is 8.99. The van der Waals surface area contributed by atoms with Gasteiger partial charge in [-0.25, -0.2) is 4.98 Å². The molecular formula is C24H30N4O. The van der Waals surface area contributed by atoms with E-state index in [1.165, 1.54) is 31.2 Å². The lowest BCUT2D eigenvalue weighted by molar-refractivity contribution is 0.0919. The zero-order chi connectivity index (χ0) is 20.4. The quantitative estimate of drug-likeness (QED) is 0.622. The van der Waals surface area contributed by atoms with Crippen molar-refractivity contribution in [3.8, 4) is 0 Å². The summed E-state index contributed by atoms with van der Waals surface area (Å²) in [6, 6.07) is 16.7. The van der Waals surface area contributed by atoms with Crippen molar-refractivity contribution in [2.24, 2.45) is 0 Å². The van der Waals surface area contributed by atoms with Crippen molar-refractivity contribution in [2.45, 2.75) is 64.6 Å². The average Bonchev–Trinajstić information content (AvgIpc) is 3.32. The summed E-state index contributed by atoms with van der Waals surface area (Å²) in [5.74, 6) is 0.896. The number of imidazole rings is 1. The molecule has 1 aromatic heterocycles. The molecule has 0 radical (unpaired) electrons. The van der Waals surface area contributed by atoms with Gasteiger partial charge in [-0.05, 0) is 63.4 Å². The maximum absolute atomic E-state index is 12.3. The number of carbonyl (C=O) groups is 1. The molecule has 0 unspecified atom stereocenters. The number of aromatic nitrogens is 2. The molecule has 0 saturated heterocycles. The van der Waals surface area contributed by atoms with Crippen molar-refractivity contribution < 1.29 is 4.79 Å². The summed E-state index contributed by atoms with van der Waals surface area (Å²) in [5.41, 5.74) is 3.81. The van der Waals surface area contributed by atoms with Crippen LogP contribution in [0.2, 0.25) is 0 Å². The third-order valence-electron chi connectivity index (χ3n) is 5.44. The molecule has 5 heteroatoms. The van der Waals surface area contributed by atoms with Gasteiger partial charge in [-0.1, -0.05) is 37.1 Å². The minimum Gasteiger partial charge on any atom is -0.352 e. The summed E-state index contributed by atoms with van der Waals surface area (Å²) in [5, 5.41) is 6.53. The number of amides is 1. The Morgan fingerprint density at radius 3 is 2.45 bits per heavy atom. The molecule has 5 nitrogen and oxygen atoms in total. The van der Waals surface area contributed by atoms with Gasteiger partial charge in [-0.2, -0.15) is 0 Å². The van der Waals surface area contributed by atoms with Crippen LogP contribution in [0.1, 0.15) is 68.4 Å². The molecule has 2 N–H and O–H groups in total. The first-order valence-corrected chi connectivity index (χ1v) is 10.5. The molecule has 29 heavy (non-hydrogen) atoms. The molecule has 0 atom stereocenters. The molecule has 4 rings (SSSR count). The van der Waals surface area contributed by atoms with Gasteiger partial charge in [0.25, 0.3) is 5.91 Å². The molecule has 1 fully saturated rings. The van der Waals surface area contributed by atoms with E-state index in [9.17, 15) is 4.79 Å². The number of hydrogen-bond donors (Lipinski definition) is 2. The van der Waals surface area contributed by atoms with Gasteiger partial charge >= 0.3 is 0 Å². The Hall–Kier alpha value is -2.82.